The summed E-state index contributed by atoms with van der Waals surface area (Å²) in [6.07, 6.45) is 4.54. The van der Waals surface area contributed by atoms with E-state index in [1.165, 1.54) is 12.1 Å². The van der Waals surface area contributed by atoms with Crippen molar-refractivity contribution in [3.63, 3.8) is 0 Å². The summed E-state index contributed by atoms with van der Waals surface area (Å²) in [7, 11) is 1.76. The minimum atomic E-state index is -0.811. The molecule has 1 aliphatic rings. The lowest BCUT2D eigenvalue weighted by Gasteiger charge is -2.20. The molecule has 1 heterocycles. The molecule has 3 N–H and O–H groups in total. The number of halogens is 1. The molecule has 1 aromatic carbocycles. The Morgan fingerprint density at radius 2 is 2.08 bits per heavy atom. The van der Waals surface area contributed by atoms with Crippen LogP contribution in [0.1, 0.15) is 36.1 Å². The van der Waals surface area contributed by atoms with Crippen LogP contribution < -0.4 is 10.6 Å². The first-order valence-electron chi connectivity index (χ1n) is 7.99. The van der Waals surface area contributed by atoms with Crippen LogP contribution in [-0.2, 0) is 7.05 Å². The second kappa shape index (κ2) is 7.00. The van der Waals surface area contributed by atoms with E-state index in [-0.39, 0.29) is 24.4 Å². The van der Waals surface area contributed by atoms with Gasteiger partial charge in [-0.1, -0.05) is 12.1 Å². The third-order valence-electron chi connectivity index (χ3n) is 4.17. The minimum absolute atomic E-state index is 0.0956. The molecule has 24 heavy (non-hydrogen) atoms. The molecule has 0 aliphatic heterocycles. The quantitative estimate of drug-likeness (QED) is 0.757. The number of nitrogens with one attached hydrogen (secondary N) is 2. The summed E-state index contributed by atoms with van der Waals surface area (Å²) in [6, 6.07) is 5.71. The van der Waals surface area contributed by atoms with Gasteiger partial charge in [-0.15, -0.1) is 0 Å². The van der Waals surface area contributed by atoms with Gasteiger partial charge >= 0.3 is 6.03 Å². The monoisotopic (exact) mass is 332 g/mol. The van der Waals surface area contributed by atoms with Gasteiger partial charge in [0.05, 0.1) is 18.3 Å². The molecule has 0 unspecified atom stereocenters. The van der Waals surface area contributed by atoms with E-state index in [1.807, 2.05) is 0 Å². The van der Waals surface area contributed by atoms with Gasteiger partial charge in [-0.05, 0) is 36.5 Å². The van der Waals surface area contributed by atoms with Crippen LogP contribution in [0.4, 0.5) is 9.18 Å². The normalized spacial score (nSPS) is 16.5. The Morgan fingerprint density at radius 3 is 2.67 bits per heavy atom. The molecule has 7 heteroatoms. The van der Waals surface area contributed by atoms with Crippen molar-refractivity contribution in [2.24, 2.45) is 13.0 Å². The Labute approximate surface area is 139 Å². The molecule has 0 bridgehead atoms. The second-order valence-electron chi connectivity index (χ2n) is 6.18. The summed E-state index contributed by atoms with van der Waals surface area (Å²) in [4.78, 5) is 12.1. The third-order valence-corrected chi connectivity index (χ3v) is 4.17. The van der Waals surface area contributed by atoms with E-state index in [2.05, 4.69) is 15.7 Å². The van der Waals surface area contributed by atoms with E-state index in [1.54, 1.807) is 36.3 Å². The van der Waals surface area contributed by atoms with E-state index in [0.717, 1.165) is 18.4 Å². The standard InChI is InChI=1S/C17H21FN4O2/c1-22-10-13(8-20-22)15(23)9-19-17(24)21-16(11-2-3-11)12-4-6-14(18)7-5-12/h4-8,10-11,15-16,23H,2-3,9H2,1H3,(H2,19,21,24)/t15-,16+/m1/s1. The fraction of sp³-hybridized carbons (Fsp3) is 0.412. The van der Waals surface area contributed by atoms with Crippen molar-refractivity contribution in [3.8, 4) is 0 Å². The summed E-state index contributed by atoms with van der Waals surface area (Å²) in [5.41, 5.74) is 1.54. The number of nitrogens with zero attached hydrogens (tertiary/aromatic N) is 2. The summed E-state index contributed by atoms with van der Waals surface area (Å²) in [5, 5.41) is 19.6. The molecule has 1 saturated carbocycles. The number of urea groups is 1. The summed E-state index contributed by atoms with van der Waals surface area (Å²) in [5.74, 6) is 0.0850. The van der Waals surface area contributed by atoms with Crippen LogP contribution in [0.3, 0.4) is 0 Å². The average molecular weight is 332 g/mol. The second-order valence-corrected chi connectivity index (χ2v) is 6.18. The van der Waals surface area contributed by atoms with Crippen molar-refractivity contribution in [1.29, 1.82) is 0 Å². The lowest BCUT2D eigenvalue weighted by Crippen LogP contribution is -2.40. The number of carbonyl (C=O) groups is 1. The number of benzene rings is 1. The van der Waals surface area contributed by atoms with Crippen molar-refractivity contribution in [2.45, 2.75) is 25.0 Å². The van der Waals surface area contributed by atoms with Crippen molar-refractivity contribution in [2.75, 3.05) is 6.54 Å². The molecule has 1 aromatic heterocycles. The predicted octanol–water partition coefficient (Wildman–Crippen LogP) is 2.04. The first-order chi connectivity index (χ1) is 11.5. The van der Waals surface area contributed by atoms with Gasteiger partial charge in [-0.25, -0.2) is 9.18 Å². The number of aromatic nitrogens is 2. The molecule has 6 nitrogen and oxygen atoms in total. The number of carbonyl (C=O) groups excluding carboxylic acids is 1. The predicted molar refractivity (Wildman–Crippen MR) is 86.6 cm³/mol. The van der Waals surface area contributed by atoms with E-state index in [9.17, 15) is 14.3 Å². The maximum Gasteiger partial charge on any atom is 0.315 e. The summed E-state index contributed by atoms with van der Waals surface area (Å²) in [6.45, 7) is 0.0956. The first-order valence-corrected chi connectivity index (χ1v) is 7.99. The molecule has 2 amide bonds. The highest BCUT2D eigenvalue weighted by Crippen LogP contribution is 2.40. The van der Waals surface area contributed by atoms with Crippen LogP contribution in [0.5, 0.6) is 0 Å². The van der Waals surface area contributed by atoms with Gasteiger partial charge in [-0.2, -0.15) is 5.10 Å². The van der Waals surface area contributed by atoms with Gasteiger partial charge in [-0.3, -0.25) is 4.68 Å². The topological polar surface area (TPSA) is 79.2 Å². The lowest BCUT2D eigenvalue weighted by molar-refractivity contribution is 0.172. The Morgan fingerprint density at radius 1 is 1.38 bits per heavy atom. The highest BCUT2D eigenvalue weighted by molar-refractivity contribution is 5.74. The number of hydrogen-bond donors (Lipinski definition) is 3. The van der Waals surface area contributed by atoms with Gasteiger partial charge in [0.2, 0.25) is 0 Å². The van der Waals surface area contributed by atoms with Gasteiger partial charge in [0.25, 0.3) is 0 Å². The molecular formula is C17H21FN4O2. The third kappa shape index (κ3) is 4.11. The minimum Gasteiger partial charge on any atom is -0.386 e. The highest BCUT2D eigenvalue weighted by Gasteiger charge is 2.33. The molecule has 2 atom stereocenters. The highest BCUT2D eigenvalue weighted by atomic mass is 19.1. The number of rotatable bonds is 6. The number of aliphatic hydroxyl groups is 1. The fourth-order valence-electron chi connectivity index (χ4n) is 2.68. The molecule has 0 spiro atoms. The Hall–Kier alpha value is -2.41. The first kappa shape index (κ1) is 16.4. The Balaban J connectivity index is 1.55. The Bertz CT molecular complexity index is 697. The van der Waals surface area contributed by atoms with Crippen molar-refractivity contribution >= 4 is 6.03 Å². The van der Waals surface area contributed by atoms with Gasteiger partial charge in [0.1, 0.15) is 5.82 Å². The zero-order valence-electron chi connectivity index (χ0n) is 13.4. The van der Waals surface area contributed by atoms with Crippen LogP contribution in [0.25, 0.3) is 0 Å². The summed E-state index contributed by atoms with van der Waals surface area (Å²) >= 11 is 0. The molecule has 1 fully saturated rings. The molecule has 2 aromatic rings. The maximum absolute atomic E-state index is 13.1. The fourth-order valence-corrected chi connectivity index (χ4v) is 2.68. The molecule has 128 valence electrons. The van der Waals surface area contributed by atoms with Crippen molar-refractivity contribution < 1.29 is 14.3 Å². The number of amides is 2. The zero-order chi connectivity index (χ0) is 17.1. The zero-order valence-corrected chi connectivity index (χ0v) is 13.4. The maximum atomic E-state index is 13.1. The van der Waals surface area contributed by atoms with Gasteiger partial charge in [0.15, 0.2) is 0 Å². The van der Waals surface area contributed by atoms with E-state index < -0.39 is 6.10 Å². The van der Waals surface area contributed by atoms with Crippen LogP contribution in [0.2, 0.25) is 0 Å². The van der Waals surface area contributed by atoms with Crippen molar-refractivity contribution in [3.05, 3.63) is 53.6 Å². The van der Waals surface area contributed by atoms with Gasteiger partial charge in [0, 0.05) is 25.4 Å². The largest absolute Gasteiger partial charge is 0.386 e. The van der Waals surface area contributed by atoms with Gasteiger partial charge < -0.3 is 15.7 Å². The van der Waals surface area contributed by atoms with E-state index in [4.69, 9.17) is 0 Å². The smallest absolute Gasteiger partial charge is 0.315 e. The van der Waals surface area contributed by atoms with Crippen LogP contribution >= 0.6 is 0 Å². The molecular weight excluding hydrogens is 311 g/mol. The van der Waals surface area contributed by atoms with Crippen LogP contribution in [0, 0.1) is 11.7 Å². The lowest BCUT2D eigenvalue weighted by atomic mass is 10.0. The molecule has 0 radical (unpaired) electrons. The number of hydrogen-bond acceptors (Lipinski definition) is 3. The number of aryl methyl sites for hydroxylation is 1. The SMILES string of the molecule is Cn1cc([C@H](O)CNC(=O)N[C@H](c2ccc(F)cc2)C2CC2)cn1. The molecule has 3 rings (SSSR count). The van der Waals surface area contributed by atoms with E-state index >= 15 is 0 Å². The number of aliphatic hydroxyl groups excluding tert-OH is 1. The average Bonchev–Trinajstić information content (AvgIpc) is 3.32. The van der Waals surface area contributed by atoms with Crippen LogP contribution in [-0.4, -0.2) is 27.5 Å². The molecule has 0 saturated heterocycles. The molecule has 1 aliphatic carbocycles. The Kier molecular flexibility index (Phi) is 4.80. The van der Waals surface area contributed by atoms with Crippen LogP contribution in [0.15, 0.2) is 36.7 Å². The van der Waals surface area contributed by atoms with E-state index in [0.29, 0.717) is 11.5 Å². The van der Waals surface area contributed by atoms with Crippen molar-refractivity contribution in [1.82, 2.24) is 20.4 Å². The summed E-state index contributed by atoms with van der Waals surface area (Å²) < 4.78 is 14.7.